The van der Waals surface area contributed by atoms with Gasteiger partial charge in [-0.15, -0.1) is 0 Å². The van der Waals surface area contributed by atoms with Gasteiger partial charge >= 0.3 is 12.1 Å². The lowest BCUT2D eigenvalue weighted by Gasteiger charge is -2.23. The van der Waals surface area contributed by atoms with Crippen molar-refractivity contribution in [3.63, 3.8) is 0 Å². The van der Waals surface area contributed by atoms with Crippen molar-refractivity contribution in [3.05, 3.63) is 64.7 Å². The number of nitrogens with zero attached hydrogens (tertiary/aromatic N) is 1. The number of ether oxygens (including phenoxy) is 1. The fourth-order valence-electron chi connectivity index (χ4n) is 3.09. The molecule has 1 amide bonds. The Balaban J connectivity index is 1.88. The molecule has 24 heavy (non-hydrogen) atoms. The van der Waals surface area contributed by atoms with E-state index in [1.54, 1.807) is 0 Å². The van der Waals surface area contributed by atoms with Crippen LogP contribution in [0.3, 0.4) is 0 Å². The topological polar surface area (TPSA) is 66.8 Å². The molecular formula is C19H19NO4. The first-order chi connectivity index (χ1) is 11.5. The van der Waals surface area contributed by atoms with Crippen LogP contribution in [0.1, 0.15) is 22.3 Å². The summed E-state index contributed by atoms with van der Waals surface area (Å²) in [6.45, 7) is 3.92. The summed E-state index contributed by atoms with van der Waals surface area (Å²) in [6, 6.07) is 12.2. The minimum atomic E-state index is -1.03. The summed E-state index contributed by atoms with van der Waals surface area (Å²) in [5.74, 6) is -1.03. The van der Waals surface area contributed by atoms with Crippen LogP contribution in [0.2, 0.25) is 0 Å². The van der Waals surface area contributed by atoms with Gasteiger partial charge < -0.3 is 9.84 Å². The molecular weight excluding hydrogens is 306 g/mol. The van der Waals surface area contributed by atoms with Crippen LogP contribution in [0.4, 0.5) is 10.5 Å². The number of rotatable bonds is 3. The van der Waals surface area contributed by atoms with E-state index in [4.69, 9.17) is 4.74 Å². The molecule has 1 aliphatic rings. The van der Waals surface area contributed by atoms with E-state index in [-0.39, 0.29) is 6.61 Å². The Morgan fingerprint density at radius 1 is 1.12 bits per heavy atom. The van der Waals surface area contributed by atoms with Crippen molar-refractivity contribution >= 4 is 17.7 Å². The highest BCUT2D eigenvalue weighted by molar-refractivity contribution is 5.99. The number of fused-ring (bicyclic) bond motifs is 1. The number of carbonyl (C=O) groups excluding carboxylic acids is 1. The van der Waals surface area contributed by atoms with Gasteiger partial charge in [-0.2, -0.15) is 0 Å². The zero-order valence-corrected chi connectivity index (χ0v) is 13.7. The SMILES string of the molecule is Cc1ccc(C)c2c1CC(C(=O)O)N2C(=O)OCc1ccccc1. The average molecular weight is 325 g/mol. The second-order valence-electron chi connectivity index (χ2n) is 5.99. The fraction of sp³-hybridized carbons (Fsp3) is 0.263. The molecule has 5 heteroatoms. The maximum Gasteiger partial charge on any atom is 0.415 e. The molecule has 0 bridgehead atoms. The number of carboxylic acid groups (broad SMARTS) is 1. The third-order valence-electron chi connectivity index (χ3n) is 4.36. The molecule has 124 valence electrons. The Hall–Kier alpha value is -2.82. The van der Waals surface area contributed by atoms with E-state index in [0.717, 1.165) is 22.3 Å². The molecule has 1 atom stereocenters. The number of hydrogen-bond acceptors (Lipinski definition) is 3. The normalized spacial score (nSPS) is 15.9. The molecule has 1 heterocycles. The third kappa shape index (κ3) is 2.85. The van der Waals surface area contributed by atoms with Gasteiger partial charge in [0.05, 0.1) is 5.69 Å². The summed E-state index contributed by atoms with van der Waals surface area (Å²) in [5, 5.41) is 9.52. The van der Waals surface area contributed by atoms with Crippen molar-refractivity contribution in [2.45, 2.75) is 32.9 Å². The van der Waals surface area contributed by atoms with Gasteiger partial charge in [0.25, 0.3) is 0 Å². The molecule has 0 fully saturated rings. The second kappa shape index (κ2) is 6.35. The predicted molar refractivity (Wildman–Crippen MR) is 90.1 cm³/mol. The lowest BCUT2D eigenvalue weighted by atomic mass is 10.0. The van der Waals surface area contributed by atoms with Gasteiger partial charge in [0.1, 0.15) is 12.6 Å². The Labute approximate surface area is 140 Å². The molecule has 0 saturated heterocycles. The fourth-order valence-corrected chi connectivity index (χ4v) is 3.09. The zero-order chi connectivity index (χ0) is 17.3. The summed E-state index contributed by atoms with van der Waals surface area (Å²) >= 11 is 0. The van der Waals surface area contributed by atoms with Crippen molar-refractivity contribution in [2.24, 2.45) is 0 Å². The van der Waals surface area contributed by atoms with Gasteiger partial charge in [0.2, 0.25) is 0 Å². The Kier molecular flexibility index (Phi) is 4.25. The highest BCUT2D eigenvalue weighted by Crippen LogP contribution is 2.38. The van der Waals surface area contributed by atoms with Crippen LogP contribution in [-0.4, -0.2) is 23.2 Å². The van der Waals surface area contributed by atoms with Crippen molar-refractivity contribution in [3.8, 4) is 0 Å². The number of aliphatic carboxylic acids is 1. The second-order valence-corrected chi connectivity index (χ2v) is 5.99. The van der Waals surface area contributed by atoms with Crippen molar-refractivity contribution in [1.29, 1.82) is 0 Å². The summed E-state index contributed by atoms with van der Waals surface area (Å²) in [7, 11) is 0. The number of amides is 1. The third-order valence-corrected chi connectivity index (χ3v) is 4.36. The Morgan fingerprint density at radius 3 is 2.46 bits per heavy atom. The molecule has 0 aromatic heterocycles. The molecule has 0 aliphatic carbocycles. The van der Waals surface area contributed by atoms with Crippen molar-refractivity contribution in [1.82, 2.24) is 0 Å². The van der Waals surface area contributed by atoms with Crippen LogP contribution in [0.5, 0.6) is 0 Å². The zero-order valence-electron chi connectivity index (χ0n) is 13.7. The van der Waals surface area contributed by atoms with Crippen LogP contribution in [-0.2, 0) is 22.6 Å². The molecule has 2 aromatic carbocycles. The van der Waals surface area contributed by atoms with E-state index in [2.05, 4.69) is 0 Å². The molecule has 0 radical (unpaired) electrons. The summed E-state index contributed by atoms with van der Waals surface area (Å²) in [5.41, 5.74) is 4.29. The van der Waals surface area contributed by atoms with E-state index < -0.39 is 18.1 Å². The highest BCUT2D eigenvalue weighted by atomic mass is 16.6. The van der Waals surface area contributed by atoms with Gasteiger partial charge in [0, 0.05) is 6.42 Å². The van der Waals surface area contributed by atoms with E-state index in [9.17, 15) is 14.7 Å². The number of anilines is 1. The minimum absolute atomic E-state index is 0.114. The molecule has 3 rings (SSSR count). The maximum absolute atomic E-state index is 12.6. The summed E-state index contributed by atoms with van der Waals surface area (Å²) < 4.78 is 5.37. The van der Waals surface area contributed by atoms with Gasteiger partial charge in [-0.25, -0.2) is 9.59 Å². The molecule has 5 nitrogen and oxygen atoms in total. The first kappa shape index (κ1) is 16.1. The quantitative estimate of drug-likeness (QED) is 0.938. The van der Waals surface area contributed by atoms with Crippen molar-refractivity contribution < 1.29 is 19.4 Å². The molecule has 0 spiro atoms. The minimum Gasteiger partial charge on any atom is -0.480 e. The number of carboxylic acids is 1. The maximum atomic E-state index is 12.6. The lowest BCUT2D eigenvalue weighted by Crippen LogP contribution is -2.43. The van der Waals surface area contributed by atoms with E-state index in [0.29, 0.717) is 12.1 Å². The molecule has 1 aliphatic heterocycles. The number of aryl methyl sites for hydroxylation is 2. The van der Waals surface area contributed by atoms with E-state index >= 15 is 0 Å². The Bertz CT molecular complexity index is 785. The average Bonchev–Trinajstić information content (AvgIpc) is 2.99. The van der Waals surface area contributed by atoms with Crippen molar-refractivity contribution in [2.75, 3.05) is 4.90 Å². The van der Waals surface area contributed by atoms with Crippen LogP contribution >= 0.6 is 0 Å². The number of carbonyl (C=O) groups is 2. The smallest absolute Gasteiger partial charge is 0.415 e. The van der Waals surface area contributed by atoms with Gasteiger partial charge in [0.15, 0.2) is 0 Å². The van der Waals surface area contributed by atoms with Gasteiger partial charge in [-0.1, -0.05) is 42.5 Å². The molecule has 2 aromatic rings. The predicted octanol–water partition coefficient (Wildman–Crippen LogP) is 3.46. The highest BCUT2D eigenvalue weighted by Gasteiger charge is 2.41. The molecule has 1 unspecified atom stereocenters. The van der Waals surface area contributed by atoms with Crippen LogP contribution in [0, 0.1) is 13.8 Å². The standard InChI is InChI=1S/C19H19NO4/c1-12-8-9-13(2)17-15(12)10-16(18(21)22)20(17)19(23)24-11-14-6-4-3-5-7-14/h3-9,16H,10-11H2,1-2H3,(H,21,22). The number of benzene rings is 2. The monoisotopic (exact) mass is 325 g/mol. The summed E-state index contributed by atoms with van der Waals surface area (Å²) in [4.78, 5) is 25.5. The largest absolute Gasteiger partial charge is 0.480 e. The first-order valence-electron chi connectivity index (χ1n) is 7.81. The van der Waals surface area contributed by atoms with Gasteiger partial charge in [-0.3, -0.25) is 4.90 Å². The molecule has 0 saturated carbocycles. The van der Waals surface area contributed by atoms with Crippen LogP contribution in [0.15, 0.2) is 42.5 Å². The van der Waals surface area contributed by atoms with E-state index in [1.807, 2.05) is 56.3 Å². The van der Waals surface area contributed by atoms with Crippen LogP contribution in [0.25, 0.3) is 0 Å². The van der Waals surface area contributed by atoms with Crippen LogP contribution < -0.4 is 4.90 Å². The van der Waals surface area contributed by atoms with E-state index in [1.165, 1.54) is 4.90 Å². The Morgan fingerprint density at radius 2 is 1.79 bits per heavy atom. The number of hydrogen-bond donors (Lipinski definition) is 1. The molecule has 1 N–H and O–H groups in total. The van der Waals surface area contributed by atoms with Gasteiger partial charge in [-0.05, 0) is 36.1 Å². The summed E-state index contributed by atoms with van der Waals surface area (Å²) in [6.07, 6.45) is -0.322. The first-order valence-corrected chi connectivity index (χ1v) is 7.81. The lowest BCUT2D eigenvalue weighted by molar-refractivity contribution is -0.138.